The summed E-state index contributed by atoms with van der Waals surface area (Å²) in [5, 5.41) is 0. The van der Waals surface area contributed by atoms with Crippen LogP contribution in [0.5, 0.6) is 0 Å². The van der Waals surface area contributed by atoms with Crippen LogP contribution in [0.4, 0.5) is 13.2 Å². The molecule has 1 aliphatic rings. The lowest BCUT2D eigenvalue weighted by molar-refractivity contribution is -0.185. The lowest BCUT2D eigenvalue weighted by atomic mass is 9.92. The Morgan fingerprint density at radius 1 is 1.24 bits per heavy atom. The molecule has 0 aliphatic carbocycles. The van der Waals surface area contributed by atoms with Gasteiger partial charge >= 0.3 is 6.18 Å². The monoisotopic (exact) mass is 252 g/mol. The first-order valence-electron chi connectivity index (χ1n) is 6.32. The maximum absolute atomic E-state index is 12.5. The van der Waals surface area contributed by atoms with Gasteiger partial charge in [-0.3, -0.25) is 0 Å². The summed E-state index contributed by atoms with van der Waals surface area (Å²) in [7, 11) is 0. The number of nitrogens with zero attached hydrogens (tertiary/aromatic N) is 1. The Balaban J connectivity index is 2.37. The summed E-state index contributed by atoms with van der Waals surface area (Å²) >= 11 is 0. The molecule has 1 rings (SSSR count). The Morgan fingerprint density at radius 2 is 1.76 bits per heavy atom. The van der Waals surface area contributed by atoms with Crippen LogP contribution in [0.1, 0.15) is 39.5 Å². The van der Waals surface area contributed by atoms with E-state index in [1.165, 1.54) is 0 Å². The molecule has 5 heteroatoms. The van der Waals surface area contributed by atoms with Gasteiger partial charge in [0.05, 0.1) is 5.92 Å². The van der Waals surface area contributed by atoms with Crippen molar-refractivity contribution in [3.8, 4) is 0 Å². The molecule has 1 atom stereocenters. The predicted octanol–water partition coefficient (Wildman–Crippen LogP) is 2.78. The molecular formula is C12H23F3N2. The summed E-state index contributed by atoms with van der Waals surface area (Å²) in [4.78, 5) is 2.07. The van der Waals surface area contributed by atoms with E-state index >= 15 is 0 Å². The van der Waals surface area contributed by atoms with E-state index in [0.717, 1.165) is 12.8 Å². The van der Waals surface area contributed by atoms with Crippen molar-refractivity contribution in [2.24, 2.45) is 11.7 Å². The first kappa shape index (κ1) is 14.8. The van der Waals surface area contributed by atoms with Crippen LogP contribution in [0.3, 0.4) is 0 Å². The minimum absolute atomic E-state index is 0.214. The maximum Gasteiger partial charge on any atom is 0.391 e. The summed E-state index contributed by atoms with van der Waals surface area (Å²) < 4.78 is 37.5. The number of halogens is 3. The van der Waals surface area contributed by atoms with E-state index in [2.05, 4.69) is 11.8 Å². The van der Waals surface area contributed by atoms with Crippen molar-refractivity contribution in [1.82, 2.24) is 4.90 Å². The smallest absolute Gasteiger partial charge is 0.324 e. The van der Waals surface area contributed by atoms with Gasteiger partial charge in [-0.05, 0) is 39.3 Å². The maximum atomic E-state index is 12.5. The van der Waals surface area contributed by atoms with Crippen LogP contribution in [-0.2, 0) is 0 Å². The van der Waals surface area contributed by atoms with Crippen molar-refractivity contribution in [2.75, 3.05) is 19.6 Å². The van der Waals surface area contributed by atoms with E-state index in [4.69, 9.17) is 5.73 Å². The van der Waals surface area contributed by atoms with E-state index in [1.807, 2.05) is 6.92 Å². The van der Waals surface area contributed by atoms with Crippen molar-refractivity contribution in [3.05, 3.63) is 0 Å². The third kappa shape index (κ3) is 4.84. The van der Waals surface area contributed by atoms with Crippen LogP contribution in [-0.4, -0.2) is 36.2 Å². The normalized spacial score (nSPS) is 23.6. The zero-order valence-corrected chi connectivity index (χ0v) is 10.7. The predicted molar refractivity (Wildman–Crippen MR) is 62.7 cm³/mol. The number of likely N-dealkylation sites (tertiary alicyclic amines) is 1. The number of hydrogen-bond acceptors (Lipinski definition) is 2. The highest BCUT2D eigenvalue weighted by Crippen LogP contribution is 2.34. The largest absolute Gasteiger partial charge is 0.391 e. The van der Waals surface area contributed by atoms with Gasteiger partial charge in [0.15, 0.2) is 0 Å². The molecule has 0 aromatic carbocycles. The quantitative estimate of drug-likeness (QED) is 0.833. The lowest BCUT2D eigenvalue weighted by Crippen LogP contribution is -2.50. The molecule has 17 heavy (non-hydrogen) atoms. The van der Waals surface area contributed by atoms with Crippen LogP contribution in [0, 0.1) is 5.92 Å². The van der Waals surface area contributed by atoms with Crippen LogP contribution in [0.25, 0.3) is 0 Å². The zero-order valence-electron chi connectivity index (χ0n) is 10.7. The minimum Gasteiger partial charge on any atom is -0.324 e. The molecule has 0 amide bonds. The number of nitrogens with two attached hydrogens (primary N) is 1. The van der Waals surface area contributed by atoms with Crippen molar-refractivity contribution in [1.29, 1.82) is 0 Å². The fraction of sp³-hybridized carbons (Fsp3) is 1.00. The van der Waals surface area contributed by atoms with Gasteiger partial charge in [0.1, 0.15) is 0 Å². The highest BCUT2D eigenvalue weighted by molar-refractivity contribution is 4.85. The first-order valence-corrected chi connectivity index (χ1v) is 6.32. The molecule has 1 heterocycles. The molecule has 1 unspecified atom stereocenters. The summed E-state index contributed by atoms with van der Waals surface area (Å²) in [6, 6.07) is 0. The number of piperidine rings is 1. The van der Waals surface area contributed by atoms with Gasteiger partial charge in [-0.25, -0.2) is 0 Å². The SMILES string of the molecule is CCCC(C)(N)CN1CCC(C(F)(F)F)CC1. The molecule has 102 valence electrons. The molecule has 0 spiro atoms. The van der Waals surface area contributed by atoms with Crippen LogP contribution in [0.2, 0.25) is 0 Å². The number of rotatable bonds is 4. The summed E-state index contributed by atoms with van der Waals surface area (Å²) in [6.07, 6.45) is -1.68. The Labute approximate surface area is 101 Å². The van der Waals surface area contributed by atoms with E-state index in [9.17, 15) is 13.2 Å². The van der Waals surface area contributed by atoms with Gasteiger partial charge in [-0.15, -0.1) is 0 Å². The van der Waals surface area contributed by atoms with Crippen molar-refractivity contribution < 1.29 is 13.2 Å². The average Bonchev–Trinajstić information content (AvgIpc) is 2.16. The molecule has 0 bridgehead atoms. The second-order valence-electron chi connectivity index (χ2n) is 5.50. The first-order chi connectivity index (χ1) is 7.74. The lowest BCUT2D eigenvalue weighted by Gasteiger charge is -2.37. The van der Waals surface area contributed by atoms with Crippen molar-refractivity contribution in [3.63, 3.8) is 0 Å². The second kappa shape index (κ2) is 5.57. The summed E-state index contributed by atoms with van der Waals surface area (Å²) in [5.41, 5.74) is 5.84. The molecule has 0 aromatic rings. The van der Waals surface area contributed by atoms with Gasteiger partial charge in [0.25, 0.3) is 0 Å². The van der Waals surface area contributed by atoms with Crippen molar-refractivity contribution >= 4 is 0 Å². The van der Waals surface area contributed by atoms with Crippen molar-refractivity contribution in [2.45, 2.75) is 51.2 Å². The molecule has 1 fully saturated rings. The molecule has 0 radical (unpaired) electrons. The average molecular weight is 252 g/mol. The Morgan fingerprint density at radius 3 is 2.18 bits per heavy atom. The van der Waals surface area contributed by atoms with Crippen LogP contribution < -0.4 is 5.73 Å². The number of hydrogen-bond donors (Lipinski definition) is 1. The molecular weight excluding hydrogens is 229 g/mol. The van der Waals surface area contributed by atoms with Gasteiger partial charge < -0.3 is 10.6 Å². The number of alkyl halides is 3. The highest BCUT2D eigenvalue weighted by Gasteiger charge is 2.41. The summed E-state index contributed by atoms with van der Waals surface area (Å²) in [6.45, 7) is 5.78. The molecule has 0 saturated carbocycles. The van der Waals surface area contributed by atoms with E-state index < -0.39 is 12.1 Å². The molecule has 0 aromatic heterocycles. The fourth-order valence-electron chi connectivity index (χ4n) is 2.58. The molecule has 1 aliphatic heterocycles. The third-order valence-corrected chi connectivity index (χ3v) is 3.46. The van der Waals surface area contributed by atoms with Gasteiger partial charge in [-0.2, -0.15) is 13.2 Å². The Kier molecular flexibility index (Phi) is 4.84. The minimum atomic E-state index is -4.03. The second-order valence-corrected chi connectivity index (χ2v) is 5.50. The Hall–Kier alpha value is -0.290. The summed E-state index contributed by atoms with van der Waals surface area (Å²) in [5.74, 6) is -1.12. The standard InChI is InChI=1S/C12H23F3N2/c1-3-6-11(2,16)9-17-7-4-10(5-8-17)12(13,14)15/h10H,3-9,16H2,1-2H3. The molecule has 2 N–H and O–H groups in total. The molecule has 2 nitrogen and oxygen atoms in total. The highest BCUT2D eigenvalue weighted by atomic mass is 19.4. The van der Waals surface area contributed by atoms with E-state index in [0.29, 0.717) is 19.6 Å². The molecule has 1 saturated heterocycles. The fourth-order valence-corrected chi connectivity index (χ4v) is 2.58. The zero-order chi connectivity index (χ0) is 13.1. The van der Waals surface area contributed by atoms with Gasteiger partial charge in [0, 0.05) is 12.1 Å². The van der Waals surface area contributed by atoms with Crippen LogP contribution in [0.15, 0.2) is 0 Å². The van der Waals surface area contributed by atoms with E-state index in [1.54, 1.807) is 0 Å². The Bertz CT molecular complexity index is 230. The van der Waals surface area contributed by atoms with Gasteiger partial charge in [-0.1, -0.05) is 13.3 Å². The topological polar surface area (TPSA) is 29.3 Å². The van der Waals surface area contributed by atoms with Gasteiger partial charge in [0.2, 0.25) is 0 Å². The third-order valence-electron chi connectivity index (χ3n) is 3.46. The van der Waals surface area contributed by atoms with Crippen LogP contribution >= 0.6 is 0 Å². The van der Waals surface area contributed by atoms with E-state index in [-0.39, 0.29) is 18.4 Å².